The van der Waals surface area contributed by atoms with Crippen molar-refractivity contribution in [2.75, 3.05) is 24.6 Å². The first-order chi connectivity index (χ1) is 11.1. The van der Waals surface area contributed by atoms with Crippen molar-refractivity contribution < 1.29 is 14.6 Å². The summed E-state index contributed by atoms with van der Waals surface area (Å²) in [6.07, 6.45) is 2.61. The van der Waals surface area contributed by atoms with Crippen LogP contribution in [0.2, 0.25) is 0 Å². The van der Waals surface area contributed by atoms with Crippen molar-refractivity contribution >= 4 is 11.8 Å². The van der Waals surface area contributed by atoms with Crippen LogP contribution >= 0.6 is 0 Å². The zero-order valence-electron chi connectivity index (χ0n) is 13.1. The molecule has 1 atom stereocenters. The number of para-hydroxylation sites is 1. The van der Waals surface area contributed by atoms with Gasteiger partial charge in [0.2, 0.25) is 0 Å². The van der Waals surface area contributed by atoms with E-state index >= 15 is 0 Å². The predicted octanol–water partition coefficient (Wildman–Crippen LogP) is 2.99. The van der Waals surface area contributed by atoms with Crippen LogP contribution in [0.1, 0.15) is 22.3 Å². The maximum absolute atomic E-state index is 11.3. The predicted molar refractivity (Wildman–Crippen MR) is 88.2 cm³/mol. The van der Waals surface area contributed by atoms with Gasteiger partial charge in [0.1, 0.15) is 17.1 Å². The number of hydrogen-bond acceptors (Lipinski definition) is 4. The Hall–Kier alpha value is -2.56. The second-order valence-corrected chi connectivity index (χ2v) is 5.86. The highest BCUT2D eigenvalue weighted by atomic mass is 16.5. The minimum absolute atomic E-state index is 0.257. The molecule has 0 bridgehead atoms. The first-order valence-electron chi connectivity index (χ1n) is 7.77. The third kappa shape index (κ3) is 3.44. The largest absolute Gasteiger partial charge is 0.493 e. The number of anilines is 1. The van der Waals surface area contributed by atoms with Crippen LogP contribution in [0.4, 0.5) is 5.82 Å². The summed E-state index contributed by atoms with van der Waals surface area (Å²) in [6.45, 7) is 4.24. The maximum atomic E-state index is 11.3. The number of nitrogens with zero attached hydrogens (tertiary/aromatic N) is 2. The van der Waals surface area contributed by atoms with E-state index in [0.29, 0.717) is 18.3 Å². The first kappa shape index (κ1) is 15.3. The Morgan fingerprint density at radius 2 is 2.17 bits per heavy atom. The van der Waals surface area contributed by atoms with Gasteiger partial charge in [-0.3, -0.25) is 0 Å². The lowest BCUT2D eigenvalue weighted by atomic mass is 10.1. The highest BCUT2D eigenvalue weighted by molar-refractivity contribution is 5.93. The topological polar surface area (TPSA) is 62.7 Å². The quantitative estimate of drug-likeness (QED) is 0.919. The van der Waals surface area contributed by atoms with Gasteiger partial charge in [0.15, 0.2) is 0 Å². The number of pyridine rings is 1. The van der Waals surface area contributed by atoms with Crippen LogP contribution in [0.25, 0.3) is 0 Å². The molecule has 1 N–H and O–H groups in total. The third-order valence-electron chi connectivity index (χ3n) is 4.17. The molecular weight excluding hydrogens is 292 g/mol. The number of benzene rings is 1. The van der Waals surface area contributed by atoms with Crippen LogP contribution in [0.3, 0.4) is 0 Å². The molecule has 5 heteroatoms. The van der Waals surface area contributed by atoms with E-state index in [1.54, 1.807) is 18.3 Å². The van der Waals surface area contributed by atoms with Crippen LogP contribution < -0.4 is 9.64 Å². The number of carbonyl (C=O) groups is 1. The minimum atomic E-state index is -0.937. The maximum Gasteiger partial charge on any atom is 0.339 e. The van der Waals surface area contributed by atoms with Crippen LogP contribution in [-0.4, -0.2) is 35.8 Å². The Morgan fingerprint density at radius 3 is 2.96 bits per heavy atom. The molecule has 1 saturated heterocycles. The summed E-state index contributed by atoms with van der Waals surface area (Å²) in [7, 11) is 0. The van der Waals surface area contributed by atoms with Crippen LogP contribution in [0.5, 0.6) is 5.75 Å². The second-order valence-electron chi connectivity index (χ2n) is 5.86. The van der Waals surface area contributed by atoms with Crippen LogP contribution in [0.15, 0.2) is 42.6 Å². The SMILES string of the molecule is Cc1ccccc1OCC1CCN(c2ncccc2C(=O)O)C1. The Morgan fingerprint density at radius 1 is 1.35 bits per heavy atom. The van der Waals surface area contributed by atoms with E-state index in [4.69, 9.17) is 4.74 Å². The van der Waals surface area contributed by atoms with Gasteiger partial charge in [0, 0.05) is 25.2 Å². The summed E-state index contributed by atoms with van der Waals surface area (Å²) >= 11 is 0. The minimum Gasteiger partial charge on any atom is -0.493 e. The van der Waals surface area contributed by atoms with Gasteiger partial charge in [-0.25, -0.2) is 9.78 Å². The van der Waals surface area contributed by atoms with Crippen molar-refractivity contribution in [2.24, 2.45) is 5.92 Å². The molecule has 1 aromatic heterocycles. The highest BCUT2D eigenvalue weighted by Crippen LogP contribution is 2.26. The fourth-order valence-electron chi connectivity index (χ4n) is 2.90. The molecule has 1 aromatic carbocycles. The third-order valence-corrected chi connectivity index (χ3v) is 4.17. The van der Waals surface area contributed by atoms with E-state index in [1.807, 2.05) is 36.1 Å². The van der Waals surface area contributed by atoms with Crippen molar-refractivity contribution in [1.29, 1.82) is 0 Å². The van der Waals surface area contributed by atoms with Gasteiger partial charge in [-0.2, -0.15) is 0 Å². The van der Waals surface area contributed by atoms with Gasteiger partial charge in [-0.1, -0.05) is 18.2 Å². The van der Waals surface area contributed by atoms with Crippen molar-refractivity contribution in [3.05, 3.63) is 53.7 Å². The molecule has 1 fully saturated rings. The second kappa shape index (κ2) is 6.69. The molecule has 2 aromatic rings. The smallest absolute Gasteiger partial charge is 0.339 e. The zero-order chi connectivity index (χ0) is 16.2. The normalized spacial score (nSPS) is 17.3. The molecule has 0 amide bonds. The lowest BCUT2D eigenvalue weighted by Gasteiger charge is -2.19. The Labute approximate surface area is 135 Å². The molecule has 0 aliphatic carbocycles. The van der Waals surface area contributed by atoms with Crippen molar-refractivity contribution in [2.45, 2.75) is 13.3 Å². The molecule has 120 valence electrons. The molecule has 1 unspecified atom stereocenters. The average molecular weight is 312 g/mol. The lowest BCUT2D eigenvalue weighted by Crippen LogP contribution is -2.24. The summed E-state index contributed by atoms with van der Waals surface area (Å²) in [5.41, 5.74) is 1.38. The summed E-state index contributed by atoms with van der Waals surface area (Å²) in [5.74, 6) is 0.902. The lowest BCUT2D eigenvalue weighted by molar-refractivity contribution is 0.0697. The molecule has 23 heavy (non-hydrogen) atoms. The zero-order valence-corrected chi connectivity index (χ0v) is 13.1. The number of aromatic nitrogens is 1. The first-order valence-corrected chi connectivity index (χ1v) is 7.77. The van der Waals surface area contributed by atoms with Gasteiger partial charge in [-0.05, 0) is 37.1 Å². The van der Waals surface area contributed by atoms with E-state index in [1.165, 1.54) is 0 Å². The molecule has 0 saturated carbocycles. The molecule has 5 nitrogen and oxygen atoms in total. The number of rotatable bonds is 5. The fraction of sp³-hybridized carbons (Fsp3) is 0.333. The molecule has 0 radical (unpaired) electrons. The number of aryl methyl sites for hydroxylation is 1. The van der Waals surface area contributed by atoms with E-state index in [-0.39, 0.29) is 5.56 Å². The van der Waals surface area contributed by atoms with Gasteiger partial charge in [0.25, 0.3) is 0 Å². The van der Waals surface area contributed by atoms with Gasteiger partial charge in [0.05, 0.1) is 6.61 Å². The van der Waals surface area contributed by atoms with E-state index in [0.717, 1.165) is 30.8 Å². The molecule has 1 aliphatic heterocycles. The van der Waals surface area contributed by atoms with Gasteiger partial charge in [-0.15, -0.1) is 0 Å². The number of carboxylic acid groups (broad SMARTS) is 1. The van der Waals surface area contributed by atoms with E-state index in [9.17, 15) is 9.90 Å². The standard InChI is InChI=1S/C18H20N2O3/c1-13-5-2-3-7-16(13)23-12-14-8-10-20(11-14)17-15(18(21)22)6-4-9-19-17/h2-7,9,14H,8,10-12H2,1H3,(H,21,22). The van der Waals surface area contributed by atoms with Crippen LogP contribution in [0, 0.1) is 12.8 Å². The fourth-order valence-corrected chi connectivity index (χ4v) is 2.90. The summed E-state index contributed by atoms with van der Waals surface area (Å²) in [6, 6.07) is 11.2. The summed E-state index contributed by atoms with van der Waals surface area (Å²) in [4.78, 5) is 17.6. The summed E-state index contributed by atoms with van der Waals surface area (Å²) in [5, 5.41) is 9.28. The number of aromatic carboxylic acids is 1. The average Bonchev–Trinajstić information content (AvgIpc) is 3.03. The monoisotopic (exact) mass is 312 g/mol. The molecule has 2 heterocycles. The summed E-state index contributed by atoms with van der Waals surface area (Å²) < 4.78 is 5.92. The molecule has 0 spiro atoms. The number of carboxylic acids is 1. The molecular formula is C18H20N2O3. The van der Waals surface area contributed by atoms with Gasteiger partial charge < -0.3 is 14.7 Å². The molecule has 3 rings (SSSR count). The van der Waals surface area contributed by atoms with Gasteiger partial charge >= 0.3 is 5.97 Å². The van der Waals surface area contributed by atoms with Crippen LogP contribution in [-0.2, 0) is 0 Å². The van der Waals surface area contributed by atoms with Crippen molar-refractivity contribution in [3.63, 3.8) is 0 Å². The van der Waals surface area contributed by atoms with Crippen molar-refractivity contribution in [3.8, 4) is 5.75 Å². The number of ether oxygens (including phenoxy) is 1. The Kier molecular flexibility index (Phi) is 4.46. The van der Waals surface area contributed by atoms with E-state index < -0.39 is 5.97 Å². The number of hydrogen-bond donors (Lipinski definition) is 1. The van der Waals surface area contributed by atoms with E-state index in [2.05, 4.69) is 4.98 Å². The Bertz CT molecular complexity index is 702. The highest BCUT2D eigenvalue weighted by Gasteiger charge is 2.27. The van der Waals surface area contributed by atoms with Crippen molar-refractivity contribution in [1.82, 2.24) is 4.98 Å². The molecule has 1 aliphatic rings. The Balaban J connectivity index is 1.63.